The number of hydrogen-bond donors (Lipinski definition) is 1. The zero-order valence-electron chi connectivity index (χ0n) is 13.5. The highest BCUT2D eigenvalue weighted by atomic mass is 16.2. The zero-order valence-corrected chi connectivity index (χ0v) is 13.5. The lowest BCUT2D eigenvalue weighted by Gasteiger charge is -2.34. The van der Waals surface area contributed by atoms with Crippen LogP contribution in [-0.4, -0.2) is 50.1 Å². The van der Waals surface area contributed by atoms with Gasteiger partial charge in [-0.15, -0.1) is 0 Å². The molecule has 2 aromatic rings. The van der Waals surface area contributed by atoms with Crippen LogP contribution in [0.3, 0.4) is 0 Å². The number of piperidine rings is 1. The molecule has 1 aliphatic rings. The number of para-hydroxylation sites is 1. The van der Waals surface area contributed by atoms with Gasteiger partial charge in [0.15, 0.2) is 0 Å². The monoisotopic (exact) mass is 314 g/mol. The molecule has 1 aliphatic heterocycles. The third-order valence-electron chi connectivity index (χ3n) is 4.03. The van der Waals surface area contributed by atoms with Crippen molar-refractivity contribution >= 4 is 11.9 Å². The van der Waals surface area contributed by atoms with Gasteiger partial charge in [-0.25, -0.2) is 0 Å². The molecule has 1 amide bonds. The quantitative estimate of drug-likeness (QED) is 0.930. The summed E-state index contributed by atoms with van der Waals surface area (Å²) in [5.74, 6) is 0.850. The number of aromatic nitrogens is 4. The van der Waals surface area contributed by atoms with Gasteiger partial charge >= 0.3 is 0 Å². The highest BCUT2D eigenvalue weighted by Gasteiger charge is 2.26. The van der Waals surface area contributed by atoms with Crippen molar-refractivity contribution in [1.82, 2.24) is 25.1 Å². The molecule has 0 aliphatic carbocycles. The molecule has 1 fully saturated rings. The molecular formula is C16H22N6O. The van der Waals surface area contributed by atoms with Crippen LogP contribution in [0.5, 0.6) is 0 Å². The summed E-state index contributed by atoms with van der Waals surface area (Å²) in [6.45, 7) is 5.40. The van der Waals surface area contributed by atoms with Crippen molar-refractivity contribution in [3.05, 3.63) is 30.3 Å². The van der Waals surface area contributed by atoms with Gasteiger partial charge in [0, 0.05) is 25.0 Å². The second-order valence-electron chi connectivity index (χ2n) is 6.17. The van der Waals surface area contributed by atoms with Gasteiger partial charge in [0.2, 0.25) is 11.9 Å². The van der Waals surface area contributed by atoms with E-state index in [9.17, 15) is 4.79 Å². The molecular weight excluding hydrogens is 292 g/mol. The summed E-state index contributed by atoms with van der Waals surface area (Å²) in [5, 5.41) is 15.3. The SMILES string of the molecule is CC(C)C(=O)N1CCC[C@H](Nc2nnnn2-c2ccccc2)C1. The van der Waals surface area contributed by atoms with E-state index in [1.807, 2.05) is 49.1 Å². The molecule has 7 nitrogen and oxygen atoms in total. The maximum absolute atomic E-state index is 12.2. The van der Waals surface area contributed by atoms with Crippen molar-refractivity contribution in [3.63, 3.8) is 0 Å². The van der Waals surface area contributed by atoms with Crippen LogP contribution >= 0.6 is 0 Å². The van der Waals surface area contributed by atoms with Crippen LogP contribution in [0.15, 0.2) is 30.3 Å². The van der Waals surface area contributed by atoms with Gasteiger partial charge < -0.3 is 10.2 Å². The summed E-state index contributed by atoms with van der Waals surface area (Å²) < 4.78 is 1.68. The third kappa shape index (κ3) is 3.49. The van der Waals surface area contributed by atoms with Crippen molar-refractivity contribution in [2.45, 2.75) is 32.7 Å². The second kappa shape index (κ2) is 6.76. The normalized spacial score (nSPS) is 18.2. The van der Waals surface area contributed by atoms with E-state index in [1.54, 1.807) is 4.68 Å². The fourth-order valence-corrected chi connectivity index (χ4v) is 2.86. The Morgan fingerprint density at radius 3 is 2.83 bits per heavy atom. The van der Waals surface area contributed by atoms with E-state index in [1.165, 1.54) is 0 Å². The lowest BCUT2D eigenvalue weighted by atomic mass is 10.0. The molecule has 0 saturated carbocycles. The summed E-state index contributed by atoms with van der Waals surface area (Å²) in [6.07, 6.45) is 1.99. The summed E-state index contributed by atoms with van der Waals surface area (Å²) in [6, 6.07) is 9.93. The fraction of sp³-hybridized carbons (Fsp3) is 0.500. The van der Waals surface area contributed by atoms with Crippen LogP contribution < -0.4 is 5.32 Å². The predicted octanol–water partition coefficient (Wildman–Crippen LogP) is 1.72. The molecule has 1 atom stereocenters. The molecule has 0 unspecified atom stereocenters. The predicted molar refractivity (Wildman–Crippen MR) is 87.2 cm³/mol. The number of amides is 1. The first kappa shape index (κ1) is 15.5. The van der Waals surface area contributed by atoms with Gasteiger partial charge in [0.05, 0.1) is 5.69 Å². The lowest BCUT2D eigenvalue weighted by molar-refractivity contribution is -0.135. The van der Waals surface area contributed by atoms with Crippen LogP contribution in [0.4, 0.5) is 5.95 Å². The molecule has 0 bridgehead atoms. The van der Waals surface area contributed by atoms with E-state index in [0.29, 0.717) is 12.5 Å². The Balaban J connectivity index is 1.71. The Bertz CT molecular complexity index is 654. The van der Waals surface area contributed by atoms with Gasteiger partial charge in [-0.2, -0.15) is 4.68 Å². The minimum atomic E-state index is 0.0309. The number of anilines is 1. The van der Waals surface area contributed by atoms with Gasteiger partial charge in [-0.05, 0) is 35.4 Å². The number of hydrogen-bond acceptors (Lipinski definition) is 5. The van der Waals surface area contributed by atoms with E-state index in [-0.39, 0.29) is 17.9 Å². The first-order valence-corrected chi connectivity index (χ1v) is 8.04. The molecule has 3 rings (SSSR count). The molecule has 0 radical (unpaired) electrons. The average Bonchev–Trinajstić information content (AvgIpc) is 3.03. The number of nitrogens with one attached hydrogen (secondary N) is 1. The lowest BCUT2D eigenvalue weighted by Crippen LogP contribution is -2.46. The Morgan fingerprint density at radius 1 is 1.30 bits per heavy atom. The van der Waals surface area contributed by atoms with E-state index in [4.69, 9.17) is 0 Å². The minimum Gasteiger partial charge on any atom is -0.348 e. The van der Waals surface area contributed by atoms with Gasteiger partial charge in [0.25, 0.3) is 0 Å². The summed E-state index contributed by atoms with van der Waals surface area (Å²) in [4.78, 5) is 14.1. The van der Waals surface area contributed by atoms with E-state index in [0.717, 1.165) is 25.1 Å². The first-order chi connectivity index (χ1) is 11.1. The second-order valence-corrected chi connectivity index (χ2v) is 6.17. The molecule has 2 heterocycles. The van der Waals surface area contributed by atoms with Gasteiger partial charge in [-0.1, -0.05) is 37.1 Å². The molecule has 0 spiro atoms. The molecule has 1 saturated heterocycles. The first-order valence-electron chi connectivity index (χ1n) is 8.04. The van der Waals surface area contributed by atoms with Crippen LogP contribution in [0.25, 0.3) is 5.69 Å². The number of carbonyl (C=O) groups excluding carboxylic acids is 1. The Hall–Kier alpha value is -2.44. The van der Waals surface area contributed by atoms with E-state index < -0.39 is 0 Å². The number of nitrogens with zero attached hydrogens (tertiary/aromatic N) is 5. The molecule has 1 N–H and O–H groups in total. The largest absolute Gasteiger partial charge is 0.348 e. The van der Waals surface area contributed by atoms with Crippen LogP contribution in [0.2, 0.25) is 0 Å². The average molecular weight is 314 g/mol. The topological polar surface area (TPSA) is 75.9 Å². The number of carbonyl (C=O) groups is 1. The maximum Gasteiger partial charge on any atom is 0.248 e. The van der Waals surface area contributed by atoms with E-state index in [2.05, 4.69) is 20.8 Å². The van der Waals surface area contributed by atoms with Crippen molar-refractivity contribution in [2.75, 3.05) is 18.4 Å². The van der Waals surface area contributed by atoms with Crippen molar-refractivity contribution in [3.8, 4) is 5.69 Å². The van der Waals surface area contributed by atoms with Crippen molar-refractivity contribution in [2.24, 2.45) is 5.92 Å². The number of tetrazole rings is 1. The maximum atomic E-state index is 12.2. The van der Waals surface area contributed by atoms with Crippen LogP contribution in [-0.2, 0) is 4.79 Å². The number of likely N-dealkylation sites (tertiary alicyclic amines) is 1. The Kier molecular flexibility index (Phi) is 4.55. The molecule has 7 heteroatoms. The fourth-order valence-electron chi connectivity index (χ4n) is 2.86. The summed E-state index contributed by atoms with van der Waals surface area (Å²) >= 11 is 0. The smallest absolute Gasteiger partial charge is 0.248 e. The summed E-state index contributed by atoms with van der Waals surface area (Å²) in [7, 11) is 0. The molecule has 23 heavy (non-hydrogen) atoms. The standard InChI is InChI=1S/C16H22N6O/c1-12(2)15(23)21-10-6-7-13(11-21)17-16-18-19-20-22(16)14-8-4-3-5-9-14/h3-5,8-9,12-13H,6-7,10-11H2,1-2H3,(H,17,18,20)/t13-/m0/s1. The minimum absolute atomic E-state index is 0.0309. The highest BCUT2D eigenvalue weighted by molar-refractivity contribution is 5.78. The Labute approximate surface area is 135 Å². The molecule has 1 aromatic heterocycles. The van der Waals surface area contributed by atoms with Crippen LogP contribution in [0.1, 0.15) is 26.7 Å². The van der Waals surface area contributed by atoms with Gasteiger partial charge in [0.1, 0.15) is 0 Å². The Morgan fingerprint density at radius 2 is 2.09 bits per heavy atom. The third-order valence-corrected chi connectivity index (χ3v) is 4.03. The number of benzene rings is 1. The van der Waals surface area contributed by atoms with Crippen LogP contribution in [0, 0.1) is 5.92 Å². The zero-order chi connectivity index (χ0) is 16.2. The molecule has 122 valence electrons. The van der Waals surface area contributed by atoms with E-state index >= 15 is 0 Å². The number of rotatable bonds is 4. The van der Waals surface area contributed by atoms with Crippen molar-refractivity contribution < 1.29 is 4.79 Å². The van der Waals surface area contributed by atoms with Gasteiger partial charge in [-0.3, -0.25) is 4.79 Å². The molecule has 1 aromatic carbocycles. The summed E-state index contributed by atoms with van der Waals surface area (Å²) in [5.41, 5.74) is 0.908. The highest BCUT2D eigenvalue weighted by Crippen LogP contribution is 2.18. The van der Waals surface area contributed by atoms with Crippen molar-refractivity contribution in [1.29, 1.82) is 0 Å².